The number of nitrogens with one attached hydrogen (secondary N) is 2. The van der Waals surface area contributed by atoms with Crippen LogP contribution >= 0.6 is 0 Å². The summed E-state index contributed by atoms with van der Waals surface area (Å²) in [5.41, 5.74) is 2.39. The molecule has 3 amide bonds. The Morgan fingerprint density at radius 2 is 2.03 bits per heavy atom. The van der Waals surface area contributed by atoms with Gasteiger partial charge in [0.1, 0.15) is 5.69 Å². The highest BCUT2D eigenvalue weighted by Gasteiger charge is 2.39. The van der Waals surface area contributed by atoms with E-state index in [-0.39, 0.29) is 49.6 Å². The number of halogens is 2. The number of imidazole rings is 1. The fraction of sp³-hybridized carbons (Fsp3) is 0.577. The average Bonchev–Trinajstić information content (AvgIpc) is 3.49. The molecule has 0 spiro atoms. The van der Waals surface area contributed by atoms with E-state index >= 15 is 0 Å². The van der Waals surface area contributed by atoms with Crippen molar-refractivity contribution in [3.8, 4) is 0 Å². The van der Waals surface area contributed by atoms with Crippen LogP contribution in [-0.4, -0.2) is 60.2 Å². The number of nitrogens with zero attached hydrogens (tertiary/aromatic N) is 6. The first-order chi connectivity index (χ1) is 18.2. The van der Waals surface area contributed by atoms with Crippen molar-refractivity contribution in [1.82, 2.24) is 39.9 Å². The van der Waals surface area contributed by atoms with Gasteiger partial charge in [0, 0.05) is 44.7 Å². The Hall–Kier alpha value is -3.57. The summed E-state index contributed by atoms with van der Waals surface area (Å²) in [5.74, 6) is -3.20. The zero-order chi connectivity index (χ0) is 26.9. The minimum atomic E-state index is -2.68. The maximum Gasteiger partial charge on any atom is 0.317 e. The molecule has 38 heavy (non-hydrogen) atoms. The van der Waals surface area contributed by atoms with Gasteiger partial charge in [-0.1, -0.05) is 0 Å². The maximum absolute atomic E-state index is 14.0. The van der Waals surface area contributed by atoms with Gasteiger partial charge in [0.25, 0.3) is 5.91 Å². The third-order valence-corrected chi connectivity index (χ3v) is 7.42. The molecule has 1 saturated carbocycles. The van der Waals surface area contributed by atoms with E-state index < -0.39 is 12.0 Å². The van der Waals surface area contributed by atoms with Gasteiger partial charge in [-0.3, -0.25) is 9.48 Å². The number of fused-ring (bicyclic) bond motifs is 1. The third-order valence-electron chi connectivity index (χ3n) is 7.42. The monoisotopic (exact) mass is 528 g/mol. The first-order valence-electron chi connectivity index (χ1n) is 13.3. The van der Waals surface area contributed by atoms with Crippen LogP contribution in [0.15, 0.2) is 30.7 Å². The zero-order valence-electron chi connectivity index (χ0n) is 21.7. The summed E-state index contributed by atoms with van der Waals surface area (Å²) in [4.78, 5) is 32.2. The number of carbonyl (C=O) groups is 2. The van der Waals surface area contributed by atoms with Gasteiger partial charge in [-0.25, -0.2) is 23.1 Å². The molecule has 0 aromatic carbocycles. The third kappa shape index (κ3) is 5.63. The molecule has 0 radical (unpaired) electrons. The highest BCUT2D eigenvalue weighted by Crippen LogP contribution is 2.41. The molecule has 12 heteroatoms. The number of aromatic nitrogens is 5. The van der Waals surface area contributed by atoms with Crippen LogP contribution in [0.4, 0.5) is 13.6 Å². The van der Waals surface area contributed by atoms with Crippen molar-refractivity contribution >= 4 is 17.6 Å². The maximum atomic E-state index is 14.0. The molecule has 0 bridgehead atoms. The van der Waals surface area contributed by atoms with E-state index in [2.05, 4.69) is 20.8 Å². The molecule has 1 saturated heterocycles. The van der Waals surface area contributed by atoms with E-state index in [0.717, 1.165) is 18.4 Å². The first kappa shape index (κ1) is 26.1. The molecule has 10 nitrogen and oxygen atoms in total. The highest BCUT2D eigenvalue weighted by atomic mass is 19.3. The van der Waals surface area contributed by atoms with Crippen LogP contribution in [0.25, 0.3) is 5.65 Å². The number of alkyl halides is 2. The summed E-state index contributed by atoms with van der Waals surface area (Å²) in [7, 11) is 0. The van der Waals surface area contributed by atoms with Gasteiger partial charge in [0.15, 0.2) is 5.65 Å². The van der Waals surface area contributed by atoms with Gasteiger partial charge >= 0.3 is 6.03 Å². The van der Waals surface area contributed by atoms with Gasteiger partial charge in [0.2, 0.25) is 5.92 Å². The lowest BCUT2D eigenvalue weighted by atomic mass is 9.81. The quantitative estimate of drug-likeness (QED) is 0.480. The van der Waals surface area contributed by atoms with Gasteiger partial charge in [-0.05, 0) is 63.1 Å². The SMILES string of the molecule is CC(C)n1nccc1C(=O)NC(c1cn2ncc(CN3CCCCNC3=O)cc2n1)C1CCC(F)(F)CC1. The van der Waals surface area contributed by atoms with Crippen molar-refractivity contribution in [2.75, 3.05) is 13.1 Å². The lowest BCUT2D eigenvalue weighted by molar-refractivity contribution is -0.0495. The van der Waals surface area contributed by atoms with Crippen LogP contribution in [0.3, 0.4) is 0 Å². The van der Waals surface area contributed by atoms with E-state index in [1.807, 2.05) is 19.9 Å². The van der Waals surface area contributed by atoms with Gasteiger partial charge in [0.05, 0.1) is 24.1 Å². The van der Waals surface area contributed by atoms with E-state index in [0.29, 0.717) is 36.7 Å². The lowest BCUT2D eigenvalue weighted by Gasteiger charge is -2.33. The number of hydrogen-bond acceptors (Lipinski definition) is 5. The highest BCUT2D eigenvalue weighted by molar-refractivity contribution is 5.92. The Morgan fingerprint density at radius 1 is 1.24 bits per heavy atom. The fourth-order valence-corrected chi connectivity index (χ4v) is 5.33. The summed E-state index contributed by atoms with van der Waals surface area (Å²) in [6.07, 6.45) is 7.01. The second-order valence-corrected chi connectivity index (χ2v) is 10.6. The topological polar surface area (TPSA) is 109 Å². The van der Waals surface area contributed by atoms with Crippen molar-refractivity contribution in [3.63, 3.8) is 0 Å². The Labute approximate surface area is 219 Å². The lowest BCUT2D eigenvalue weighted by Crippen LogP contribution is -2.38. The van der Waals surface area contributed by atoms with Gasteiger partial charge < -0.3 is 15.5 Å². The van der Waals surface area contributed by atoms with Crippen molar-refractivity contribution < 1.29 is 18.4 Å². The molecular formula is C26H34F2N8O2. The summed E-state index contributed by atoms with van der Waals surface area (Å²) in [5, 5.41) is 14.7. The Morgan fingerprint density at radius 3 is 2.79 bits per heavy atom. The second kappa shape index (κ2) is 10.7. The molecular weight excluding hydrogens is 494 g/mol. The van der Waals surface area contributed by atoms with Crippen LogP contribution < -0.4 is 10.6 Å². The van der Waals surface area contributed by atoms with Gasteiger partial charge in [-0.2, -0.15) is 10.2 Å². The molecule has 2 aliphatic rings. The second-order valence-electron chi connectivity index (χ2n) is 10.6. The minimum Gasteiger partial charge on any atom is -0.342 e. The molecule has 5 rings (SSSR count). The molecule has 3 aromatic rings. The minimum absolute atomic E-state index is 0.0123. The largest absolute Gasteiger partial charge is 0.342 e. The molecule has 4 heterocycles. The van der Waals surface area contributed by atoms with E-state index in [1.54, 1.807) is 38.8 Å². The zero-order valence-corrected chi connectivity index (χ0v) is 21.7. The van der Waals surface area contributed by atoms with E-state index in [1.165, 1.54) is 0 Å². The standard InChI is InChI=1S/C26H34F2N8O2/c1-17(2)36-21(7-11-30-36)24(37)33-23(19-5-8-26(27,28)9-6-19)20-16-35-22(32-20)13-18(14-31-35)15-34-12-4-3-10-29-25(34)38/h7,11,13-14,16-17,19,23H,3-6,8-10,12,15H2,1-2H3,(H,29,38)(H,33,37). The summed E-state index contributed by atoms with van der Waals surface area (Å²) >= 11 is 0. The number of urea groups is 1. The Kier molecular flexibility index (Phi) is 7.31. The van der Waals surface area contributed by atoms with Crippen molar-refractivity contribution in [2.45, 2.75) is 76.9 Å². The van der Waals surface area contributed by atoms with Crippen LogP contribution in [0.2, 0.25) is 0 Å². The molecule has 1 unspecified atom stereocenters. The summed E-state index contributed by atoms with van der Waals surface area (Å²) < 4.78 is 31.2. The van der Waals surface area contributed by atoms with Crippen molar-refractivity contribution in [3.05, 3.63) is 47.7 Å². The molecule has 1 aliphatic heterocycles. The average molecular weight is 529 g/mol. The number of amides is 3. The molecule has 1 atom stereocenters. The first-order valence-corrected chi connectivity index (χ1v) is 13.3. The molecule has 2 N–H and O–H groups in total. The molecule has 2 fully saturated rings. The molecule has 3 aromatic heterocycles. The van der Waals surface area contributed by atoms with Crippen LogP contribution in [0.1, 0.15) is 86.2 Å². The van der Waals surface area contributed by atoms with E-state index in [4.69, 9.17) is 4.98 Å². The molecule has 204 valence electrons. The van der Waals surface area contributed by atoms with Crippen molar-refractivity contribution in [1.29, 1.82) is 0 Å². The van der Waals surface area contributed by atoms with Crippen LogP contribution in [0.5, 0.6) is 0 Å². The Balaban J connectivity index is 1.41. The van der Waals surface area contributed by atoms with E-state index in [9.17, 15) is 18.4 Å². The van der Waals surface area contributed by atoms with Gasteiger partial charge in [-0.15, -0.1) is 0 Å². The number of carbonyl (C=O) groups excluding carboxylic acids is 2. The summed E-state index contributed by atoms with van der Waals surface area (Å²) in [6.45, 7) is 5.63. The fourth-order valence-electron chi connectivity index (χ4n) is 5.33. The number of rotatable bonds is 7. The molecule has 1 aliphatic carbocycles. The van der Waals surface area contributed by atoms with Crippen LogP contribution in [0, 0.1) is 5.92 Å². The number of hydrogen-bond donors (Lipinski definition) is 2. The normalized spacial score (nSPS) is 19.4. The van der Waals surface area contributed by atoms with Crippen molar-refractivity contribution in [2.24, 2.45) is 5.92 Å². The summed E-state index contributed by atoms with van der Waals surface area (Å²) in [6, 6.07) is 2.86. The predicted molar refractivity (Wildman–Crippen MR) is 136 cm³/mol. The Bertz CT molecular complexity index is 1290. The van der Waals surface area contributed by atoms with Crippen LogP contribution in [-0.2, 0) is 6.54 Å². The predicted octanol–water partition coefficient (Wildman–Crippen LogP) is 4.11. The smallest absolute Gasteiger partial charge is 0.317 e.